The zero-order valence-electron chi connectivity index (χ0n) is 16.4. The molecule has 1 saturated heterocycles. The number of hydrogen-bond donors (Lipinski definition) is 1. The van der Waals surface area contributed by atoms with Gasteiger partial charge in [-0.15, -0.1) is 11.3 Å². The number of carbonyl (C=O) groups excluding carboxylic acids is 1. The van der Waals surface area contributed by atoms with E-state index in [0.717, 1.165) is 25.8 Å². The number of amides is 1. The third-order valence-corrected chi connectivity index (χ3v) is 8.60. The van der Waals surface area contributed by atoms with Gasteiger partial charge in [0.1, 0.15) is 4.21 Å². The Morgan fingerprint density at radius 2 is 1.86 bits per heavy atom. The number of benzene rings is 1. The maximum absolute atomic E-state index is 13.1. The lowest BCUT2D eigenvalue weighted by Crippen LogP contribution is -2.37. The molecule has 1 N–H and O–H groups in total. The van der Waals surface area contributed by atoms with Crippen molar-refractivity contribution in [2.45, 2.75) is 50.3 Å². The Bertz CT molecular complexity index is 981. The lowest BCUT2D eigenvalue weighted by atomic mass is 9.65. The van der Waals surface area contributed by atoms with E-state index < -0.39 is 10.0 Å². The second kappa shape index (κ2) is 6.59. The maximum atomic E-state index is 13.1. The minimum absolute atomic E-state index is 0.0408. The van der Waals surface area contributed by atoms with Crippen LogP contribution in [-0.4, -0.2) is 31.8 Å². The van der Waals surface area contributed by atoms with E-state index in [4.69, 9.17) is 0 Å². The molecule has 2 heterocycles. The normalized spacial score (nSPS) is 26.2. The summed E-state index contributed by atoms with van der Waals surface area (Å²) in [6, 6.07) is 10.3. The molecule has 2 aromatic rings. The van der Waals surface area contributed by atoms with Gasteiger partial charge in [-0.1, -0.05) is 26.8 Å². The minimum atomic E-state index is -3.58. The molecule has 1 aromatic carbocycles. The van der Waals surface area contributed by atoms with Crippen molar-refractivity contribution in [1.82, 2.24) is 4.90 Å². The van der Waals surface area contributed by atoms with Crippen molar-refractivity contribution in [2.24, 2.45) is 10.8 Å². The van der Waals surface area contributed by atoms with Gasteiger partial charge in [-0.25, -0.2) is 8.42 Å². The first-order valence-electron chi connectivity index (χ1n) is 9.54. The van der Waals surface area contributed by atoms with Gasteiger partial charge in [-0.2, -0.15) is 0 Å². The van der Waals surface area contributed by atoms with E-state index in [2.05, 4.69) is 25.5 Å². The van der Waals surface area contributed by atoms with E-state index in [1.807, 2.05) is 4.90 Å². The fourth-order valence-electron chi connectivity index (χ4n) is 5.17. The van der Waals surface area contributed by atoms with Crippen molar-refractivity contribution in [2.75, 3.05) is 11.3 Å². The van der Waals surface area contributed by atoms with Crippen molar-refractivity contribution >= 4 is 33.0 Å². The second-order valence-corrected chi connectivity index (χ2v) is 12.1. The number of fused-ring (bicyclic) bond motifs is 2. The van der Waals surface area contributed by atoms with E-state index in [-0.39, 0.29) is 20.9 Å². The zero-order chi connectivity index (χ0) is 20.2. The van der Waals surface area contributed by atoms with E-state index in [1.54, 1.807) is 41.8 Å². The van der Waals surface area contributed by atoms with Gasteiger partial charge in [-0.3, -0.25) is 9.52 Å². The first kappa shape index (κ1) is 19.5. The number of hydrogen-bond acceptors (Lipinski definition) is 4. The Morgan fingerprint density at radius 3 is 2.50 bits per heavy atom. The first-order chi connectivity index (χ1) is 13.1. The van der Waals surface area contributed by atoms with E-state index in [9.17, 15) is 13.2 Å². The highest BCUT2D eigenvalue weighted by Gasteiger charge is 2.50. The molecule has 5 nitrogen and oxygen atoms in total. The summed E-state index contributed by atoms with van der Waals surface area (Å²) in [6.07, 6.45) is 3.25. The Kier molecular flexibility index (Phi) is 4.58. The summed E-state index contributed by atoms with van der Waals surface area (Å²) in [5.41, 5.74) is 1.51. The van der Waals surface area contributed by atoms with Crippen LogP contribution in [0.3, 0.4) is 0 Å². The molecule has 4 rings (SSSR count). The molecule has 2 fully saturated rings. The summed E-state index contributed by atoms with van der Waals surface area (Å²) < 4.78 is 27.5. The summed E-state index contributed by atoms with van der Waals surface area (Å²) in [5, 5.41) is 1.73. The van der Waals surface area contributed by atoms with Crippen LogP contribution in [0.1, 0.15) is 50.4 Å². The van der Waals surface area contributed by atoms with Crippen LogP contribution in [0.2, 0.25) is 0 Å². The number of likely N-dealkylation sites (tertiary alicyclic amines) is 1. The standard InChI is InChI=1S/C21H26N2O3S2/c1-20(2)11-17-12-21(3,13-20)14-23(17)19(24)15-6-8-16(9-7-15)22-28(25,26)18-5-4-10-27-18/h4-10,17,22H,11-14H2,1-3H3. The molecule has 1 saturated carbocycles. The van der Waals surface area contributed by atoms with Gasteiger partial charge < -0.3 is 4.90 Å². The predicted octanol–water partition coefficient (Wildman–Crippen LogP) is 4.59. The number of carbonyl (C=O) groups is 1. The van der Waals surface area contributed by atoms with Crippen LogP contribution in [0.15, 0.2) is 46.0 Å². The molecule has 7 heteroatoms. The maximum Gasteiger partial charge on any atom is 0.271 e. The van der Waals surface area contributed by atoms with Crippen LogP contribution in [0, 0.1) is 10.8 Å². The van der Waals surface area contributed by atoms with Gasteiger partial charge in [0.05, 0.1) is 0 Å². The number of rotatable bonds is 4. The highest BCUT2D eigenvalue weighted by atomic mass is 32.2. The SMILES string of the molecule is CC1(C)CC2CC(C)(CN2C(=O)c2ccc(NS(=O)(=O)c3cccs3)cc2)C1. The zero-order valence-corrected chi connectivity index (χ0v) is 18.1. The topological polar surface area (TPSA) is 66.5 Å². The lowest BCUT2D eigenvalue weighted by Gasteiger charge is -2.39. The molecule has 28 heavy (non-hydrogen) atoms. The Balaban J connectivity index is 1.49. The van der Waals surface area contributed by atoms with Gasteiger partial charge in [0, 0.05) is 23.8 Å². The smallest absolute Gasteiger partial charge is 0.271 e. The predicted molar refractivity (Wildman–Crippen MR) is 112 cm³/mol. The molecular formula is C21H26N2O3S2. The molecule has 2 bridgehead atoms. The van der Waals surface area contributed by atoms with Crippen molar-refractivity contribution < 1.29 is 13.2 Å². The molecule has 0 radical (unpaired) electrons. The molecular weight excluding hydrogens is 392 g/mol. The van der Waals surface area contributed by atoms with E-state index in [0.29, 0.717) is 17.3 Å². The molecule has 1 aromatic heterocycles. The van der Waals surface area contributed by atoms with Gasteiger partial charge in [0.15, 0.2) is 0 Å². The third-order valence-electron chi connectivity index (χ3n) is 5.82. The molecule has 2 atom stereocenters. The largest absolute Gasteiger partial charge is 0.335 e. The number of thiophene rings is 1. The highest BCUT2D eigenvalue weighted by Crippen LogP contribution is 2.52. The van der Waals surface area contributed by atoms with Gasteiger partial charge in [-0.05, 0) is 65.8 Å². The third kappa shape index (κ3) is 3.70. The average molecular weight is 419 g/mol. The van der Waals surface area contributed by atoms with Crippen molar-refractivity contribution in [3.05, 3.63) is 47.3 Å². The highest BCUT2D eigenvalue weighted by molar-refractivity contribution is 7.94. The van der Waals surface area contributed by atoms with Crippen LogP contribution >= 0.6 is 11.3 Å². The number of nitrogens with one attached hydrogen (secondary N) is 1. The molecule has 2 unspecified atom stereocenters. The fourth-order valence-corrected chi connectivity index (χ4v) is 7.22. The number of anilines is 1. The second-order valence-electron chi connectivity index (χ2n) is 9.26. The van der Waals surface area contributed by atoms with Crippen LogP contribution in [-0.2, 0) is 10.0 Å². The van der Waals surface area contributed by atoms with Crippen LogP contribution in [0.25, 0.3) is 0 Å². The van der Waals surface area contributed by atoms with Crippen LogP contribution < -0.4 is 4.72 Å². The van der Waals surface area contributed by atoms with Crippen molar-refractivity contribution in [3.8, 4) is 0 Å². The average Bonchev–Trinajstić information content (AvgIpc) is 3.20. The monoisotopic (exact) mass is 418 g/mol. The molecule has 150 valence electrons. The molecule has 0 spiro atoms. The summed E-state index contributed by atoms with van der Waals surface area (Å²) in [6.45, 7) is 7.67. The van der Waals surface area contributed by atoms with Gasteiger partial charge >= 0.3 is 0 Å². The summed E-state index contributed by atoms with van der Waals surface area (Å²) >= 11 is 1.17. The van der Waals surface area contributed by atoms with Crippen molar-refractivity contribution in [3.63, 3.8) is 0 Å². The summed E-state index contributed by atoms with van der Waals surface area (Å²) in [7, 11) is -3.58. The lowest BCUT2D eigenvalue weighted by molar-refractivity contribution is 0.0708. The molecule has 1 aliphatic heterocycles. The first-order valence-corrected chi connectivity index (χ1v) is 11.9. The van der Waals surface area contributed by atoms with E-state index in [1.165, 1.54) is 11.3 Å². The number of nitrogens with zero attached hydrogens (tertiary/aromatic N) is 1. The van der Waals surface area contributed by atoms with Gasteiger partial charge in [0.2, 0.25) is 0 Å². The Morgan fingerprint density at radius 1 is 1.14 bits per heavy atom. The Hall–Kier alpha value is -1.86. The minimum Gasteiger partial charge on any atom is -0.335 e. The van der Waals surface area contributed by atoms with Crippen molar-refractivity contribution in [1.29, 1.82) is 0 Å². The summed E-state index contributed by atoms with van der Waals surface area (Å²) in [5.74, 6) is 0.0408. The molecule has 1 aliphatic carbocycles. The molecule has 1 amide bonds. The van der Waals surface area contributed by atoms with Gasteiger partial charge in [0.25, 0.3) is 15.9 Å². The fraction of sp³-hybridized carbons (Fsp3) is 0.476. The van der Waals surface area contributed by atoms with Crippen LogP contribution in [0.4, 0.5) is 5.69 Å². The quantitative estimate of drug-likeness (QED) is 0.790. The summed E-state index contributed by atoms with van der Waals surface area (Å²) in [4.78, 5) is 15.1. The van der Waals surface area contributed by atoms with Crippen LogP contribution in [0.5, 0.6) is 0 Å². The molecule has 2 aliphatic rings. The van der Waals surface area contributed by atoms with E-state index >= 15 is 0 Å². The Labute approximate surface area is 170 Å². The number of sulfonamides is 1.